The van der Waals surface area contributed by atoms with Crippen LogP contribution in [-0.2, 0) is 9.53 Å². The zero-order valence-electron chi connectivity index (χ0n) is 13.5. The average Bonchev–Trinajstić information content (AvgIpc) is 2.38. The molecule has 0 bridgehead atoms. The van der Waals surface area contributed by atoms with E-state index in [-0.39, 0.29) is 18.4 Å². The maximum Gasteiger partial charge on any atom is 0.314 e. The van der Waals surface area contributed by atoms with Crippen LogP contribution in [0.15, 0.2) is 0 Å². The van der Waals surface area contributed by atoms with E-state index < -0.39 is 5.97 Å². The number of nitrogens with one attached hydrogen (secondary N) is 2. The van der Waals surface area contributed by atoms with Gasteiger partial charge in [0.25, 0.3) is 0 Å². The number of amides is 2. The predicted octanol–water partition coefficient (Wildman–Crippen LogP) is 2.24. The van der Waals surface area contributed by atoms with Crippen LogP contribution in [0.4, 0.5) is 4.79 Å². The molecule has 0 radical (unpaired) electrons. The highest BCUT2D eigenvalue weighted by atomic mass is 16.5. The van der Waals surface area contributed by atoms with E-state index >= 15 is 0 Å². The molecule has 2 amide bonds. The first-order chi connectivity index (χ1) is 9.95. The second-order valence-electron chi connectivity index (χ2n) is 5.78. The van der Waals surface area contributed by atoms with Crippen molar-refractivity contribution in [3.05, 3.63) is 0 Å². The molecule has 124 valence electrons. The van der Waals surface area contributed by atoms with Crippen LogP contribution < -0.4 is 10.6 Å². The first-order valence-corrected chi connectivity index (χ1v) is 7.68. The van der Waals surface area contributed by atoms with Crippen LogP contribution in [0.25, 0.3) is 0 Å². The molecule has 0 saturated heterocycles. The minimum absolute atomic E-state index is 0.0186. The minimum atomic E-state index is -0.819. The van der Waals surface area contributed by atoms with Gasteiger partial charge >= 0.3 is 12.0 Å². The second-order valence-corrected chi connectivity index (χ2v) is 5.78. The van der Waals surface area contributed by atoms with Gasteiger partial charge in [0.1, 0.15) is 0 Å². The number of carboxylic acids is 1. The molecule has 0 aromatic heterocycles. The number of urea groups is 1. The molecule has 0 fully saturated rings. The molecule has 0 heterocycles. The molecular formula is C15H30N2O4. The topological polar surface area (TPSA) is 87.7 Å². The molecule has 0 aliphatic heterocycles. The molecule has 0 rings (SSSR count). The molecule has 0 spiro atoms. The SMILES string of the molecule is COCCCCCNC(=O)NCC(CC(=O)O)CC(C)C. The van der Waals surface area contributed by atoms with E-state index in [1.807, 2.05) is 0 Å². The highest BCUT2D eigenvalue weighted by Crippen LogP contribution is 2.14. The van der Waals surface area contributed by atoms with Gasteiger partial charge < -0.3 is 20.5 Å². The van der Waals surface area contributed by atoms with Crippen LogP contribution in [0.3, 0.4) is 0 Å². The highest BCUT2D eigenvalue weighted by Gasteiger charge is 2.15. The summed E-state index contributed by atoms with van der Waals surface area (Å²) in [6.45, 7) is 5.88. The van der Waals surface area contributed by atoms with E-state index in [0.717, 1.165) is 32.3 Å². The van der Waals surface area contributed by atoms with E-state index in [0.29, 0.717) is 19.0 Å². The van der Waals surface area contributed by atoms with Crippen molar-refractivity contribution in [2.45, 2.75) is 46.0 Å². The molecular weight excluding hydrogens is 272 g/mol. The normalized spacial score (nSPS) is 12.2. The van der Waals surface area contributed by atoms with E-state index in [2.05, 4.69) is 24.5 Å². The lowest BCUT2D eigenvalue weighted by atomic mass is 9.94. The smallest absolute Gasteiger partial charge is 0.314 e. The van der Waals surface area contributed by atoms with Gasteiger partial charge in [0.05, 0.1) is 0 Å². The second kappa shape index (κ2) is 12.4. The first kappa shape index (κ1) is 19.7. The van der Waals surface area contributed by atoms with Crippen molar-refractivity contribution in [2.24, 2.45) is 11.8 Å². The standard InChI is InChI=1S/C15H30N2O4/c1-12(2)9-13(10-14(18)19)11-17-15(20)16-7-5-4-6-8-21-3/h12-13H,4-11H2,1-3H3,(H,18,19)(H2,16,17,20). The van der Waals surface area contributed by atoms with Gasteiger partial charge in [0, 0.05) is 33.2 Å². The van der Waals surface area contributed by atoms with Crippen LogP contribution in [0.1, 0.15) is 46.0 Å². The molecule has 3 N–H and O–H groups in total. The third kappa shape index (κ3) is 13.4. The van der Waals surface area contributed by atoms with Crippen molar-refractivity contribution in [2.75, 3.05) is 26.8 Å². The number of hydrogen-bond donors (Lipinski definition) is 3. The van der Waals surface area contributed by atoms with Crippen molar-refractivity contribution in [1.82, 2.24) is 10.6 Å². The molecule has 0 aromatic carbocycles. The van der Waals surface area contributed by atoms with Crippen LogP contribution in [0.5, 0.6) is 0 Å². The summed E-state index contributed by atoms with van der Waals surface area (Å²) in [6, 6.07) is -0.221. The molecule has 6 nitrogen and oxygen atoms in total. The highest BCUT2D eigenvalue weighted by molar-refractivity contribution is 5.74. The maximum absolute atomic E-state index is 11.6. The van der Waals surface area contributed by atoms with Gasteiger partial charge in [-0.2, -0.15) is 0 Å². The summed E-state index contributed by atoms with van der Waals surface area (Å²) in [6.07, 6.45) is 3.82. The lowest BCUT2D eigenvalue weighted by molar-refractivity contribution is -0.138. The van der Waals surface area contributed by atoms with Gasteiger partial charge in [0.15, 0.2) is 0 Å². The number of unbranched alkanes of at least 4 members (excludes halogenated alkanes) is 2. The van der Waals surface area contributed by atoms with Gasteiger partial charge in [-0.05, 0) is 37.5 Å². The van der Waals surface area contributed by atoms with Crippen molar-refractivity contribution < 1.29 is 19.4 Å². The Hall–Kier alpha value is -1.30. The Kier molecular flexibility index (Phi) is 11.7. The summed E-state index contributed by atoms with van der Waals surface area (Å²) in [5.41, 5.74) is 0. The number of methoxy groups -OCH3 is 1. The molecule has 1 atom stereocenters. The predicted molar refractivity (Wildman–Crippen MR) is 82.3 cm³/mol. The number of hydrogen-bond acceptors (Lipinski definition) is 3. The van der Waals surface area contributed by atoms with Gasteiger partial charge in [0.2, 0.25) is 0 Å². The quantitative estimate of drug-likeness (QED) is 0.482. The number of carbonyl (C=O) groups is 2. The molecule has 21 heavy (non-hydrogen) atoms. The average molecular weight is 302 g/mol. The summed E-state index contributed by atoms with van der Waals surface area (Å²) in [5.74, 6) is -0.420. The lowest BCUT2D eigenvalue weighted by Gasteiger charge is -2.18. The Labute approximate surface area is 127 Å². The van der Waals surface area contributed by atoms with Crippen molar-refractivity contribution >= 4 is 12.0 Å². The number of rotatable bonds is 12. The zero-order chi connectivity index (χ0) is 16.1. The first-order valence-electron chi connectivity index (χ1n) is 7.68. The molecule has 6 heteroatoms. The summed E-state index contributed by atoms with van der Waals surface area (Å²) in [5, 5.41) is 14.4. The van der Waals surface area contributed by atoms with Gasteiger partial charge in [-0.3, -0.25) is 4.79 Å². The Balaban J connectivity index is 3.78. The third-order valence-electron chi connectivity index (χ3n) is 3.13. The van der Waals surface area contributed by atoms with Gasteiger partial charge in [-0.25, -0.2) is 4.79 Å². The zero-order valence-corrected chi connectivity index (χ0v) is 13.5. The number of carboxylic acid groups (broad SMARTS) is 1. The molecule has 0 aliphatic rings. The lowest BCUT2D eigenvalue weighted by Crippen LogP contribution is -2.39. The Morgan fingerprint density at radius 3 is 2.43 bits per heavy atom. The molecule has 0 aliphatic carbocycles. The Bertz CT molecular complexity index is 295. The number of aliphatic carboxylic acids is 1. The van der Waals surface area contributed by atoms with Gasteiger partial charge in [-0.1, -0.05) is 13.8 Å². The summed E-state index contributed by atoms with van der Waals surface area (Å²) >= 11 is 0. The van der Waals surface area contributed by atoms with Crippen molar-refractivity contribution in [3.8, 4) is 0 Å². The monoisotopic (exact) mass is 302 g/mol. The fourth-order valence-corrected chi connectivity index (χ4v) is 2.20. The number of ether oxygens (including phenoxy) is 1. The molecule has 1 unspecified atom stereocenters. The summed E-state index contributed by atoms with van der Waals surface area (Å²) in [7, 11) is 1.68. The van der Waals surface area contributed by atoms with Crippen LogP contribution in [0.2, 0.25) is 0 Å². The van der Waals surface area contributed by atoms with E-state index in [1.165, 1.54) is 0 Å². The third-order valence-corrected chi connectivity index (χ3v) is 3.13. The van der Waals surface area contributed by atoms with Crippen LogP contribution in [0, 0.1) is 11.8 Å². The number of carbonyl (C=O) groups excluding carboxylic acids is 1. The fourth-order valence-electron chi connectivity index (χ4n) is 2.20. The summed E-state index contributed by atoms with van der Waals surface area (Å²) in [4.78, 5) is 22.4. The van der Waals surface area contributed by atoms with E-state index in [9.17, 15) is 9.59 Å². The largest absolute Gasteiger partial charge is 0.481 e. The molecule has 0 aromatic rings. The van der Waals surface area contributed by atoms with E-state index in [4.69, 9.17) is 9.84 Å². The van der Waals surface area contributed by atoms with Crippen molar-refractivity contribution in [3.63, 3.8) is 0 Å². The van der Waals surface area contributed by atoms with Gasteiger partial charge in [-0.15, -0.1) is 0 Å². The van der Waals surface area contributed by atoms with Crippen LogP contribution >= 0.6 is 0 Å². The minimum Gasteiger partial charge on any atom is -0.481 e. The molecule has 0 saturated carbocycles. The fraction of sp³-hybridized carbons (Fsp3) is 0.867. The van der Waals surface area contributed by atoms with Crippen LogP contribution in [-0.4, -0.2) is 43.9 Å². The van der Waals surface area contributed by atoms with Crippen molar-refractivity contribution in [1.29, 1.82) is 0 Å². The maximum atomic E-state index is 11.6. The Morgan fingerprint density at radius 1 is 1.14 bits per heavy atom. The van der Waals surface area contributed by atoms with E-state index in [1.54, 1.807) is 7.11 Å². The Morgan fingerprint density at radius 2 is 1.86 bits per heavy atom. The summed E-state index contributed by atoms with van der Waals surface area (Å²) < 4.78 is 4.95.